The van der Waals surface area contributed by atoms with E-state index in [9.17, 15) is 34.2 Å². The van der Waals surface area contributed by atoms with Gasteiger partial charge in [-0.2, -0.15) is 13.2 Å². The highest BCUT2D eigenvalue weighted by atomic mass is 32.3. The average Bonchev–Trinajstić information content (AvgIpc) is 1.94. The molecule has 0 aromatic rings. The second kappa shape index (κ2) is 5.14. The molecule has 0 bridgehead atoms. The Morgan fingerprint density at radius 3 is 1.94 bits per heavy atom. The molecule has 0 aliphatic rings. The van der Waals surface area contributed by atoms with Crippen molar-refractivity contribution in [3.8, 4) is 0 Å². The average molecular weight is 330 g/mol. The van der Waals surface area contributed by atoms with Crippen molar-refractivity contribution >= 4 is 30.0 Å². The maximum absolute atomic E-state index is 12.4. The van der Waals surface area contributed by atoms with Crippen LogP contribution in [0.2, 0.25) is 0 Å². The lowest BCUT2D eigenvalue weighted by molar-refractivity contribution is -0.0406. The van der Waals surface area contributed by atoms with Crippen LogP contribution in [-0.4, -0.2) is 38.6 Å². The maximum atomic E-state index is 12.4. The van der Waals surface area contributed by atoms with Gasteiger partial charge in [0.25, 0.3) is 10.0 Å². The number of nitrogens with zero attached hydrogens (tertiary/aromatic N) is 1. The summed E-state index contributed by atoms with van der Waals surface area (Å²) in [4.78, 5) is 0. The predicted molar refractivity (Wildman–Crippen MR) is 58.6 cm³/mol. The Morgan fingerprint density at radius 2 is 1.67 bits per heavy atom. The summed E-state index contributed by atoms with van der Waals surface area (Å²) < 4.78 is 94.7. The third-order valence-corrected chi connectivity index (χ3v) is 6.28. The van der Waals surface area contributed by atoms with Gasteiger partial charge in [-0.05, 0) is 0 Å². The number of halogens is 3. The number of rotatable bonds is 5. The Bertz CT molecular complexity index is 638. The van der Waals surface area contributed by atoms with E-state index in [-0.39, 0.29) is 6.26 Å². The Kier molecular flexibility index (Phi) is 4.96. The summed E-state index contributed by atoms with van der Waals surface area (Å²) in [5, 5.41) is 0. The fraction of sp³-hybridized carbons (Fsp3) is 0.600. The fourth-order valence-electron chi connectivity index (χ4n) is 0.657. The van der Waals surface area contributed by atoms with Crippen LogP contribution in [0.1, 0.15) is 0 Å². The predicted octanol–water partition coefficient (Wildman–Crippen LogP) is -0.0458. The van der Waals surface area contributed by atoms with E-state index in [0.717, 1.165) is 10.2 Å². The van der Waals surface area contributed by atoms with Crippen molar-refractivity contribution in [2.45, 2.75) is 5.51 Å². The molecular formula is C5H9F3N2O5S3. The molecule has 0 rings (SSSR count). The monoisotopic (exact) mass is 330 g/mol. The zero-order valence-corrected chi connectivity index (χ0v) is 11.3. The molecule has 0 fully saturated rings. The van der Waals surface area contributed by atoms with E-state index in [1.807, 2.05) is 3.77 Å². The summed E-state index contributed by atoms with van der Waals surface area (Å²) in [6.45, 7) is 2.97. The zero-order valence-electron chi connectivity index (χ0n) is 8.84. The van der Waals surface area contributed by atoms with Crippen LogP contribution in [0.15, 0.2) is 16.4 Å². The van der Waals surface area contributed by atoms with E-state index in [0.29, 0.717) is 0 Å². The molecule has 0 aliphatic heterocycles. The van der Waals surface area contributed by atoms with Crippen LogP contribution in [0.3, 0.4) is 0 Å². The summed E-state index contributed by atoms with van der Waals surface area (Å²) in [5.41, 5.74) is -5.68. The SMILES string of the molecule is C=CCS(=O)(=O)NS(=O)(=NS(C)(=O)=O)C(F)(F)F. The highest BCUT2D eigenvalue weighted by molar-refractivity contribution is 8.09. The van der Waals surface area contributed by atoms with Crippen LogP contribution in [0.4, 0.5) is 13.2 Å². The lowest BCUT2D eigenvalue weighted by atomic mass is 10.8. The number of nitrogens with one attached hydrogen (secondary N) is 1. The minimum atomic E-state index is -5.69. The van der Waals surface area contributed by atoms with E-state index in [1.165, 1.54) is 0 Å². The molecule has 0 heterocycles. The van der Waals surface area contributed by atoms with E-state index in [1.54, 1.807) is 0 Å². The smallest absolute Gasteiger partial charge is 0.222 e. The molecule has 1 atom stereocenters. The van der Waals surface area contributed by atoms with Gasteiger partial charge in [-0.25, -0.2) is 21.0 Å². The first-order valence-corrected chi connectivity index (χ1v) is 8.91. The molecular weight excluding hydrogens is 321 g/mol. The van der Waals surface area contributed by atoms with Gasteiger partial charge in [-0.3, -0.25) is 0 Å². The Balaban J connectivity index is 5.96. The third-order valence-electron chi connectivity index (χ3n) is 1.13. The molecule has 7 nitrogen and oxygen atoms in total. The molecule has 108 valence electrons. The molecule has 0 saturated carbocycles. The summed E-state index contributed by atoms with van der Waals surface area (Å²) in [6.07, 6.45) is 0.985. The van der Waals surface area contributed by atoms with Gasteiger partial charge in [0.15, 0.2) is 0 Å². The maximum Gasteiger partial charge on any atom is 0.494 e. The first-order chi connectivity index (χ1) is 7.72. The summed E-state index contributed by atoms with van der Waals surface area (Å²) in [6, 6.07) is 0. The van der Waals surface area contributed by atoms with E-state index in [4.69, 9.17) is 0 Å². The minimum Gasteiger partial charge on any atom is -0.222 e. The van der Waals surface area contributed by atoms with Crippen molar-refractivity contribution in [1.29, 1.82) is 0 Å². The van der Waals surface area contributed by atoms with Crippen LogP contribution in [0.25, 0.3) is 0 Å². The summed E-state index contributed by atoms with van der Waals surface area (Å²) in [7, 11) is -15.0. The number of hydrogen-bond donors (Lipinski definition) is 1. The number of sulfonamides is 2. The normalized spacial score (nSPS) is 16.9. The standard InChI is InChI=1S/C5H9F3N2O5S3/c1-3-4-17(13,14)10-18(15,5(6,7)8)9-16(2,11)12/h3H,1,4H2,2H3,(H,9,10,15). The lowest BCUT2D eigenvalue weighted by Gasteiger charge is -2.13. The van der Waals surface area contributed by atoms with Gasteiger partial charge in [0.05, 0.1) is 12.0 Å². The summed E-state index contributed by atoms with van der Waals surface area (Å²) >= 11 is 0. The minimum absolute atomic E-state index is 0.250. The number of alkyl halides is 3. The molecule has 1 unspecified atom stereocenters. The molecule has 0 aliphatic carbocycles. The van der Waals surface area contributed by atoms with Crippen LogP contribution in [-0.2, 0) is 30.0 Å². The Hall–Kier alpha value is -0.660. The Labute approximate surface area is 102 Å². The molecule has 13 heteroatoms. The quantitative estimate of drug-likeness (QED) is 0.711. The van der Waals surface area contributed by atoms with Crippen molar-refractivity contribution < 1.29 is 34.2 Å². The van der Waals surface area contributed by atoms with Gasteiger partial charge in [-0.15, -0.1) is 10.7 Å². The summed E-state index contributed by atoms with van der Waals surface area (Å²) in [5.74, 6) is -0.973. The van der Waals surface area contributed by atoms with Crippen LogP contribution >= 0.6 is 0 Å². The van der Waals surface area contributed by atoms with Crippen molar-refractivity contribution in [3.05, 3.63) is 12.7 Å². The first kappa shape index (κ1) is 17.3. The van der Waals surface area contributed by atoms with Crippen molar-refractivity contribution in [2.24, 2.45) is 3.77 Å². The van der Waals surface area contributed by atoms with Crippen molar-refractivity contribution in [3.63, 3.8) is 0 Å². The molecule has 0 spiro atoms. The van der Waals surface area contributed by atoms with Gasteiger partial charge in [0, 0.05) is 0 Å². The second-order valence-electron chi connectivity index (χ2n) is 2.93. The van der Waals surface area contributed by atoms with Crippen LogP contribution in [0.5, 0.6) is 0 Å². The highest BCUT2D eigenvalue weighted by Crippen LogP contribution is 2.25. The lowest BCUT2D eigenvalue weighted by Crippen LogP contribution is -2.41. The number of hydrogen-bond acceptors (Lipinski definition) is 5. The molecule has 18 heavy (non-hydrogen) atoms. The van der Waals surface area contributed by atoms with Crippen LogP contribution < -0.4 is 4.13 Å². The van der Waals surface area contributed by atoms with Crippen molar-refractivity contribution in [2.75, 3.05) is 12.0 Å². The van der Waals surface area contributed by atoms with Gasteiger partial charge >= 0.3 is 5.51 Å². The molecule has 1 N–H and O–H groups in total. The molecule has 0 aromatic carbocycles. The molecule has 0 aromatic heterocycles. The van der Waals surface area contributed by atoms with Crippen molar-refractivity contribution in [1.82, 2.24) is 4.13 Å². The van der Waals surface area contributed by atoms with E-state index in [2.05, 4.69) is 6.58 Å². The molecule has 0 radical (unpaired) electrons. The van der Waals surface area contributed by atoms with Crippen LogP contribution in [0, 0.1) is 0 Å². The largest absolute Gasteiger partial charge is 0.494 e. The van der Waals surface area contributed by atoms with Gasteiger partial charge in [0.2, 0.25) is 19.9 Å². The topological polar surface area (TPSA) is 110 Å². The fourth-order valence-corrected chi connectivity index (χ4v) is 5.25. The van der Waals surface area contributed by atoms with E-state index >= 15 is 0 Å². The van der Waals surface area contributed by atoms with Gasteiger partial charge < -0.3 is 0 Å². The van der Waals surface area contributed by atoms with E-state index < -0.39 is 41.2 Å². The molecule has 0 amide bonds. The van der Waals surface area contributed by atoms with Gasteiger partial charge in [0.1, 0.15) is 0 Å². The molecule has 0 saturated heterocycles. The second-order valence-corrected chi connectivity index (χ2v) is 8.74. The van der Waals surface area contributed by atoms with Gasteiger partial charge in [-0.1, -0.05) is 9.84 Å². The zero-order chi connectivity index (χ0) is 14.8. The third kappa shape index (κ3) is 5.32. The highest BCUT2D eigenvalue weighted by Gasteiger charge is 2.47. The first-order valence-electron chi connectivity index (χ1n) is 3.89. The Morgan fingerprint density at radius 1 is 1.22 bits per heavy atom.